The number of aromatic nitrogens is 1. The number of hydrogen-bond donors (Lipinski definition) is 1. The molecule has 1 aromatic heterocycles. The molecule has 3 rings (SSSR count). The Labute approximate surface area is 152 Å². The molecule has 0 unspecified atom stereocenters. The van der Waals surface area contributed by atoms with Gasteiger partial charge in [0.15, 0.2) is 0 Å². The minimum atomic E-state index is -0.118. The molecule has 1 aliphatic rings. The minimum absolute atomic E-state index is 0.0681. The zero-order valence-electron chi connectivity index (χ0n) is 14.2. The number of nitriles is 2. The van der Waals surface area contributed by atoms with Gasteiger partial charge in [-0.15, -0.1) is 0 Å². The molecule has 0 spiro atoms. The highest BCUT2D eigenvalue weighted by Gasteiger charge is 2.24. The number of pyridine rings is 1. The zero-order chi connectivity index (χ0) is 18.4. The first-order chi connectivity index (χ1) is 12.7. The van der Waals surface area contributed by atoms with Gasteiger partial charge in [0.2, 0.25) is 5.88 Å². The Morgan fingerprint density at radius 1 is 1.00 bits per heavy atom. The maximum Gasteiger partial charge on any atom is 0.251 e. The third-order valence-electron chi connectivity index (χ3n) is 4.44. The van der Waals surface area contributed by atoms with E-state index >= 15 is 0 Å². The fourth-order valence-corrected chi connectivity index (χ4v) is 2.98. The first-order valence-electron chi connectivity index (χ1n) is 8.52. The van der Waals surface area contributed by atoms with E-state index in [4.69, 9.17) is 15.3 Å². The van der Waals surface area contributed by atoms with Crippen molar-refractivity contribution in [2.45, 2.75) is 37.8 Å². The first kappa shape index (κ1) is 17.4. The summed E-state index contributed by atoms with van der Waals surface area (Å²) < 4.78 is 5.85. The SMILES string of the molecule is N#Cc1ccc(C(=O)NC2CCC(Oc3ccc(C#N)cn3)CC2)cc1. The topological polar surface area (TPSA) is 98.8 Å². The van der Waals surface area contributed by atoms with Gasteiger partial charge in [0.25, 0.3) is 5.91 Å². The maximum atomic E-state index is 12.3. The molecule has 1 heterocycles. The summed E-state index contributed by atoms with van der Waals surface area (Å²) >= 11 is 0. The van der Waals surface area contributed by atoms with Crippen molar-refractivity contribution in [3.05, 3.63) is 59.3 Å². The van der Waals surface area contributed by atoms with Crippen molar-refractivity contribution in [2.75, 3.05) is 0 Å². The highest BCUT2D eigenvalue weighted by Crippen LogP contribution is 2.23. The normalized spacial score (nSPS) is 19.0. The fraction of sp³-hybridized carbons (Fsp3) is 0.300. The van der Waals surface area contributed by atoms with Crippen LogP contribution >= 0.6 is 0 Å². The second kappa shape index (κ2) is 8.13. The van der Waals surface area contributed by atoms with Crippen molar-refractivity contribution in [3.8, 4) is 18.0 Å². The average Bonchev–Trinajstić information content (AvgIpc) is 2.70. The van der Waals surface area contributed by atoms with Crippen molar-refractivity contribution in [1.82, 2.24) is 10.3 Å². The Hall–Kier alpha value is -3.38. The summed E-state index contributed by atoms with van der Waals surface area (Å²) in [6.45, 7) is 0. The average molecular weight is 346 g/mol. The molecular formula is C20H18N4O2. The Morgan fingerprint density at radius 3 is 2.23 bits per heavy atom. The standard InChI is InChI=1S/C20H18N4O2/c21-11-14-1-4-16(5-2-14)20(25)24-17-6-8-18(9-7-17)26-19-10-3-15(12-22)13-23-19/h1-5,10,13,17-18H,6-9H2,(H,24,25). The number of ether oxygens (including phenoxy) is 1. The van der Waals surface area contributed by atoms with Crippen molar-refractivity contribution in [3.63, 3.8) is 0 Å². The predicted octanol–water partition coefficient (Wildman–Crippen LogP) is 2.94. The molecule has 0 saturated heterocycles. The van der Waals surface area contributed by atoms with Gasteiger partial charge in [-0.25, -0.2) is 4.98 Å². The molecule has 1 aliphatic carbocycles. The molecule has 1 aromatic carbocycles. The smallest absolute Gasteiger partial charge is 0.251 e. The number of carbonyl (C=O) groups is 1. The summed E-state index contributed by atoms with van der Waals surface area (Å²) in [6.07, 6.45) is 4.91. The fourth-order valence-electron chi connectivity index (χ4n) is 2.98. The number of hydrogen-bond acceptors (Lipinski definition) is 5. The molecule has 0 aliphatic heterocycles. The zero-order valence-corrected chi connectivity index (χ0v) is 14.2. The summed E-state index contributed by atoms with van der Waals surface area (Å²) in [5, 5.41) is 20.6. The van der Waals surface area contributed by atoms with Crippen LogP contribution in [-0.2, 0) is 0 Å². The Kier molecular flexibility index (Phi) is 5.46. The number of rotatable bonds is 4. The van der Waals surface area contributed by atoms with Crippen molar-refractivity contribution in [2.24, 2.45) is 0 Å². The van der Waals surface area contributed by atoms with Crippen LogP contribution in [0.15, 0.2) is 42.6 Å². The number of benzene rings is 1. The van der Waals surface area contributed by atoms with Gasteiger partial charge < -0.3 is 10.1 Å². The molecule has 26 heavy (non-hydrogen) atoms. The Bertz CT molecular complexity index is 839. The van der Waals surface area contributed by atoms with Crippen LogP contribution in [-0.4, -0.2) is 23.0 Å². The van der Waals surface area contributed by atoms with E-state index in [1.165, 1.54) is 6.20 Å². The monoisotopic (exact) mass is 346 g/mol. The Morgan fingerprint density at radius 2 is 1.65 bits per heavy atom. The van der Waals surface area contributed by atoms with E-state index in [1.807, 2.05) is 12.1 Å². The van der Waals surface area contributed by atoms with E-state index in [0.717, 1.165) is 25.7 Å². The lowest BCUT2D eigenvalue weighted by Gasteiger charge is -2.29. The first-order valence-corrected chi connectivity index (χ1v) is 8.52. The number of carbonyl (C=O) groups excluding carboxylic acids is 1. The van der Waals surface area contributed by atoms with Crippen LogP contribution in [0.5, 0.6) is 5.88 Å². The lowest BCUT2D eigenvalue weighted by Crippen LogP contribution is -2.39. The second-order valence-corrected chi connectivity index (χ2v) is 6.25. The number of nitrogens with zero attached hydrogens (tertiary/aromatic N) is 3. The van der Waals surface area contributed by atoms with Gasteiger partial charge >= 0.3 is 0 Å². The summed E-state index contributed by atoms with van der Waals surface area (Å²) in [7, 11) is 0. The van der Waals surface area contributed by atoms with Gasteiger partial charge in [0, 0.05) is 23.9 Å². The molecule has 1 amide bonds. The van der Waals surface area contributed by atoms with E-state index in [9.17, 15) is 4.79 Å². The van der Waals surface area contributed by atoms with Crippen LogP contribution in [0.1, 0.15) is 47.2 Å². The molecule has 6 nitrogen and oxygen atoms in total. The molecule has 0 radical (unpaired) electrons. The third kappa shape index (κ3) is 4.37. The van der Waals surface area contributed by atoms with E-state index in [2.05, 4.69) is 10.3 Å². The van der Waals surface area contributed by atoms with Gasteiger partial charge in [-0.05, 0) is 56.0 Å². The predicted molar refractivity (Wildman–Crippen MR) is 94.2 cm³/mol. The lowest BCUT2D eigenvalue weighted by atomic mass is 9.92. The van der Waals surface area contributed by atoms with Gasteiger partial charge in [-0.1, -0.05) is 0 Å². The van der Waals surface area contributed by atoms with Crippen LogP contribution in [0.4, 0.5) is 0 Å². The number of nitrogens with one attached hydrogen (secondary N) is 1. The summed E-state index contributed by atoms with van der Waals surface area (Å²) in [5.74, 6) is 0.404. The van der Waals surface area contributed by atoms with Crippen LogP contribution in [0.25, 0.3) is 0 Å². The van der Waals surface area contributed by atoms with E-state index in [1.54, 1.807) is 36.4 Å². The molecule has 0 atom stereocenters. The summed E-state index contributed by atoms with van der Waals surface area (Å²) in [6, 6.07) is 14.2. The van der Waals surface area contributed by atoms with Crippen LogP contribution in [0.2, 0.25) is 0 Å². The largest absolute Gasteiger partial charge is 0.474 e. The number of amides is 1. The van der Waals surface area contributed by atoms with Crippen molar-refractivity contribution >= 4 is 5.91 Å². The van der Waals surface area contributed by atoms with Crippen LogP contribution in [0.3, 0.4) is 0 Å². The molecule has 6 heteroatoms. The summed E-state index contributed by atoms with van der Waals surface area (Å²) in [5.41, 5.74) is 1.60. The van der Waals surface area contributed by atoms with Gasteiger partial charge in [0.1, 0.15) is 12.2 Å². The molecule has 2 aromatic rings. The summed E-state index contributed by atoms with van der Waals surface area (Å²) in [4.78, 5) is 16.4. The highest BCUT2D eigenvalue weighted by molar-refractivity contribution is 5.94. The maximum absolute atomic E-state index is 12.3. The van der Waals surface area contributed by atoms with Crippen molar-refractivity contribution in [1.29, 1.82) is 10.5 Å². The van der Waals surface area contributed by atoms with Gasteiger partial charge in [-0.2, -0.15) is 10.5 Å². The molecule has 1 saturated carbocycles. The molecular weight excluding hydrogens is 328 g/mol. The van der Waals surface area contributed by atoms with E-state index < -0.39 is 0 Å². The lowest BCUT2D eigenvalue weighted by molar-refractivity contribution is 0.0890. The van der Waals surface area contributed by atoms with Crippen molar-refractivity contribution < 1.29 is 9.53 Å². The Balaban J connectivity index is 1.47. The highest BCUT2D eigenvalue weighted by atomic mass is 16.5. The molecule has 1 N–H and O–H groups in total. The second-order valence-electron chi connectivity index (χ2n) is 6.25. The third-order valence-corrected chi connectivity index (χ3v) is 4.44. The molecule has 1 fully saturated rings. The van der Waals surface area contributed by atoms with Gasteiger partial charge in [0.05, 0.1) is 17.2 Å². The minimum Gasteiger partial charge on any atom is -0.474 e. The van der Waals surface area contributed by atoms with Crippen LogP contribution < -0.4 is 10.1 Å². The van der Waals surface area contributed by atoms with E-state index in [-0.39, 0.29) is 18.1 Å². The molecule has 0 bridgehead atoms. The van der Waals surface area contributed by atoms with Gasteiger partial charge in [-0.3, -0.25) is 4.79 Å². The quantitative estimate of drug-likeness (QED) is 0.917. The van der Waals surface area contributed by atoms with Crippen LogP contribution in [0, 0.1) is 22.7 Å². The molecule has 130 valence electrons. The van der Waals surface area contributed by atoms with E-state index in [0.29, 0.717) is 22.6 Å².